The molecule has 3 aromatic rings. The molecule has 10 nitrogen and oxygen atoms in total. The summed E-state index contributed by atoms with van der Waals surface area (Å²) in [4.78, 5) is 34.4. The Kier molecular flexibility index (Phi) is 5.29. The fraction of sp³-hybridized carbons (Fsp3) is 0.318. The van der Waals surface area contributed by atoms with Gasteiger partial charge in [-0.15, -0.1) is 0 Å². The van der Waals surface area contributed by atoms with E-state index in [2.05, 4.69) is 20.4 Å². The summed E-state index contributed by atoms with van der Waals surface area (Å²) in [5, 5.41) is 6.94. The van der Waals surface area contributed by atoms with Crippen molar-refractivity contribution in [1.82, 2.24) is 24.6 Å². The third-order valence-corrected chi connectivity index (χ3v) is 4.83. The minimum Gasteiger partial charge on any atom is -0.487 e. The zero-order chi connectivity index (χ0) is 23.0. The smallest absolute Gasteiger partial charge is 0.291 e. The number of aromatic nitrogens is 4. The molecular formula is C22H24N6O4. The van der Waals surface area contributed by atoms with Crippen LogP contribution in [0.2, 0.25) is 0 Å². The van der Waals surface area contributed by atoms with E-state index >= 15 is 0 Å². The maximum Gasteiger partial charge on any atom is 0.291 e. The summed E-state index contributed by atoms with van der Waals surface area (Å²) >= 11 is 0. The number of carbonyl (C=O) groups is 2. The summed E-state index contributed by atoms with van der Waals surface area (Å²) in [6.07, 6.45) is 5.20. The third-order valence-electron chi connectivity index (χ3n) is 4.83. The van der Waals surface area contributed by atoms with E-state index in [0.29, 0.717) is 35.1 Å². The number of nitrogens with one attached hydrogen (secondary N) is 1. The molecule has 1 aliphatic heterocycles. The number of hydrogen-bond acceptors (Lipinski definition) is 7. The molecule has 0 aliphatic carbocycles. The Labute approximate surface area is 185 Å². The van der Waals surface area contributed by atoms with E-state index in [4.69, 9.17) is 9.47 Å². The summed E-state index contributed by atoms with van der Waals surface area (Å²) < 4.78 is 13.7. The maximum absolute atomic E-state index is 12.8. The minimum atomic E-state index is -0.436. The van der Waals surface area contributed by atoms with Crippen molar-refractivity contribution in [1.29, 1.82) is 0 Å². The van der Waals surface area contributed by atoms with Gasteiger partial charge in [-0.25, -0.2) is 9.97 Å². The number of ether oxygens (including phenoxy) is 2. The number of fused-ring (bicyclic) bond motifs is 1. The highest BCUT2D eigenvalue weighted by molar-refractivity contribution is 6.04. The van der Waals surface area contributed by atoms with E-state index in [1.807, 2.05) is 13.8 Å². The predicted molar refractivity (Wildman–Crippen MR) is 116 cm³/mol. The van der Waals surface area contributed by atoms with Crippen LogP contribution in [0.25, 0.3) is 0 Å². The van der Waals surface area contributed by atoms with E-state index in [0.717, 1.165) is 5.56 Å². The molecular weight excluding hydrogens is 412 g/mol. The molecule has 0 saturated heterocycles. The summed E-state index contributed by atoms with van der Waals surface area (Å²) in [5.41, 5.74) is 0.773. The molecule has 1 aromatic carbocycles. The van der Waals surface area contributed by atoms with Gasteiger partial charge in [-0.05, 0) is 26.0 Å². The molecule has 3 heterocycles. The Bertz CT molecular complexity index is 1180. The van der Waals surface area contributed by atoms with Gasteiger partial charge in [-0.2, -0.15) is 5.10 Å². The van der Waals surface area contributed by atoms with Crippen LogP contribution in [0.4, 0.5) is 5.82 Å². The van der Waals surface area contributed by atoms with Gasteiger partial charge in [0.15, 0.2) is 11.6 Å². The van der Waals surface area contributed by atoms with Crippen molar-refractivity contribution in [2.75, 3.05) is 19.4 Å². The molecule has 0 atom stereocenters. The Morgan fingerprint density at radius 2 is 1.94 bits per heavy atom. The second-order valence-corrected chi connectivity index (χ2v) is 8.36. The average Bonchev–Trinajstić information content (AvgIpc) is 3.28. The maximum atomic E-state index is 12.8. The van der Waals surface area contributed by atoms with E-state index < -0.39 is 5.60 Å². The molecule has 10 heteroatoms. The van der Waals surface area contributed by atoms with Crippen molar-refractivity contribution in [3.63, 3.8) is 0 Å². The quantitative estimate of drug-likeness (QED) is 0.654. The van der Waals surface area contributed by atoms with Gasteiger partial charge in [-0.1, -0.05) is 0 Å². The molecule has 0 fully saturated rings. The standard InChI is InChI=1S/C22H24N6O4/c1-22(2)10-15-16(31-14-11-23-19(24-12-14)21(30)27(3)4)8-13(9-17(15)32-22)20(29)25-18-6-7-28(5)26-18/h6-9,11-12H,10H2,1-5H3,(H,25,26,29). The first-order valence-electron chi connectivity index (χ1n) is 10.00. The van der Waals surface area contributed by atoms with Crippen molar-refractivity contribution < 1.29 is 19.1 Å². The number of anilines is 1. The lowest BCUT2D eigenvalue weighted by Crippen LogP contribution is -2.24. The van der Waals surface area contributed by atoms with Gasteiger partial charge in [0.05, 0.1) is 12.4 Å². The van der Waals surface area contributed by atoms with Gasteiger partial charge in [0.2, 0.25) is 5.82 Å². The first kappa shape index (κ1) is 21.3. The predicted octanol–water partition coefficient (Wildman–Crippen LogP) is 2.67. The van der Waals surface area contributed by atoms with E-state index in [-0.39, 0.29) is 17.6 Å². The lowest BCUT2D eigenvalue weighted by atomic mass is 9.99. The van der Waals surface area contributed by atoms with E-state index in [1.165, 1.54) is 17.3 Å². The van der Waals surface area contributed by atoms with Crippen molar-refractivity contribution in [2.24, 2.45) is 7.05 Å². The van der Waals surface area contributed by atoms with Gasteiger partial charge < -0.3 is 19.7 Å². The SMILES string of the molecule is CN(C)C(=O)c1ncc(Oc2cc(C(=O)Nc3ccn(C)n3)cc3c2CC(C)(C)O3)cn1. The summed E-state index contributed by atoms with van der Waals surface area (Å²) in [6, 6.07) is 5.06. The van der Waals surface area contributed by atoms with Crippen molar-refractivity contribution >= 4 is 17.6 Å². The number of amides is 2. The fourth-order valence-corrected chi connectivity index (χ4v) is 3.34. The van der Waals surface area contributed by atoms with Crippen molar-refractivity contribution in [3.05, 3.63) is 53.7 Å². The second-order valence-electron chi connectivity index (χ2n) is 8.36. The fourth-order valence-electron chi connectivity index (χ4n) is 3.34. The number of aryl methyl sites for hydroxylation is 1. The van der Waals surface area contributed by atoms with Crippen LogP contribution in [0, 0.1) is 0 Å². The molecule has 4 rings (SSSR count). The van der Waals surface area contributed by atoms with Crippen LogP contribution in [0.15, 0.2) is 36.8 Å². The van der Waals surface area contributed by atoms with Crippen molar-refractivity contribution in [3.8, 4) is 17.2 Å². The average molecular weight is 436 g/mol. The largest absolute Gasteiger partial charge is 0.487 e. The highest BCUT2D eigenvalue weighted by Crippen LogP contribution is 2.42. The van der Waals surface area contributed by atoms with E-state index in [9.17, 15) is 9.59 Å². The zero-order valence-corrected chi connectivity index (χ0v) is 18.5. The van der Waals surface area contributed by atoms with Crippen LogP contribution in [0.5, 0.6) is 17.2 Å². The minimum absolute atomic E-state index is 0.0699. The Morgan fingerprint density at radius 1 is 1.22 bits per heavy atom. The van der Waals surface area contributed by atoms with Gasteiger partial charge >= 0.3 is 0 Å². The van der Waals surface area contributed by atoms with Crippen LogP contribution in [0.3, 0.4) is 0 Å². The molecule has 1 aliphatic rings. The van der Waals surface area contributed by atoms with Crippen LogP contribution >= 0.6 is 0 Å². The number of benzene rings is 1. The third kappa shape index (κ3) is 4.39. The van der Waals surface area contributed by atoms with Crippen LogP contribution < -0.4 is 14.8 Å². The molecule has 0 unspecified atom stereocenters. The Hall–Kier alpha value is -3.95. The molecule has 32 heavy (non-hydrogen) atoms. The molecule has 0 bridgehead atoms. The molecule has 1 N–H and O–H groups in total. The molecule has 0 spiro atoms. The van der Waals surface area contributed by atoms with Gasteiger partial charge in [0.1, 0.15) is 17.1 Å². The summed E-state index contributed by atoms with van der Waals surface area (Å²) in [7, 11) is 5.03. The van der Waals surface area contributed by atoms with Crippen molar-refractivity contribution in [2.45, 2.75) is 25.9 Å². The zero-order valence-electron chi connectivity index (χ0n) is 18.5. The summed E-state index contributed by atoms with van der Waals surface area (Å²) in [6.45, 7) is 3.93. The summed E-state index contributed by atoms with van der Waals surface area (Å²) in [5.74, 6) is 1.26. The molecule has 166 valence electrons. The van der Waals surface area contributed by atoms with Crippen LogP contribution in [-0.4, -0.2) is 56.2 Å². The monoisotopic (exact) mass is 436 g/mol. The number of hydrogen-bond donors (Lipinski definition) is 1. The number of nitrogens with zero attached hydrogens (tertiary/aromatic N) is 5. The Morgan fingerprint density at radius 3 is 2.56 bits per heavy atom. The van der Waals surface area contributed by atoms with Gasteiger partial charge in [-0.3, -0.25) is 14.3 Å². The Balaban J connectivity index is 1.63. The first-order chi connectivity index (χ1) is 15.1. The lowest BCUT2D eigenvalue weighted by Gasteiger charge is -2.16. The topological polar surface area (TPSA) is 111 Å². The first-order valence-corrected chi connectivity index (χ1v) is 10.00. The molecule has 2 aromatic heterocycles. The highest BCUT2D eigenvalue weighted by Gasteiger charge is 2.34. The number of rotatable bonds is 5. The van der Waals surface area contributed by atoms with Gasteiger partial charge in [0.25, 0.3) is 11.8 Å². The number of carbonyl (C=O) groups excluding carboxylic acids is 2. The molecule has 2 amide bonds. The highest BCUT2D eigenvalue weighted by atomic mass is 16.5. The lowest BCUT2D eigenvalue weighted by molar-refractivity contribution is 0.0815. The second kappa shape index (κ2) is 7.95. The van der Waals surface area contributed by atoms with Gasteiger partial charge in [0, 0.05) is 51.0 Å². The molecule has 0 radical (unpaired) electrons. The van der Waals surface area contributed by atoms with Crippen LogP contribution in [0.1, 0.15) is 40.4 Å². The van der Waals surface area contributed by atoms with Crippen LogP contribution in [-0.2, 0) is 13.5 Å². The normalized spacial score (nSPS) is 13.8. The van der Waals surface area contributed by atoms with E-state index in [1.54, 1.807) is 50.2 Å². The molecule has 0 saturated carbocycles.